The van der Waals surface area contributed by atoms with Crippen LogP contribution in [0.4, 0.5) is 0 Å². The molecule has 122 valence electrons. The third-order valence-electron chi connectivity index (χ3n) is 3.22. The number of nitrogens with one attached hydrogen (secondary N) is 1. The Labute approximate surface area is 143 Å². The Morgan fingerprint density at radius 2 is 1.86 bits per heavy atom. The predicted octanol–water partition coefficient (Wildman–Crippen LogP) is 5.00. The Morgan fingerprint density at radius 3 is 2.55 bits per heavy atom. The molecular weight excluding hydrogens is 312 g/mol. The van der Waals surface area contributed by atoms with Gasteiger partial charge in [0.15, 0.2) is 4.32 Å². The van der Waals surface area contributed by atoms with E-state index in [-0.39, 0.29) is 0 Å². The van der Waals surface area contributed by atoms with E-state index in [9.17, 15) is 0 Å². The van der Waals surface area contributed by atoms with Crippen LogP contribution in [0.5, 0.6) is 5.75 Å². The van der Waals surface area contributed by atoms with Crippen LogP contribution in [0.3, 0.4) is 0 Å². The summed E-state index contributed by atoms with van der Waals surface area (Å²) in [6.07, 6.45) is 9.63. The van der Waals surface area contributed by atoms with E-state index in [0.717, 1.165) is 21.4 Å². The molecule has 0 saturated heterocycles. The van der Waals surface area contributed by atoms with E-state index in [1.165, 1.54) is 38.5 Å². The number of hydrogen-bond acceptors (Lipinski definition) is 4. The number of hydrazone groups is 1. The first-order chi connectivity index (χ1) is 10.8. The Bertz CT molecular complexity index is 446. The first-order valence-corrected chi connectivity index (χ1v) is 9.25. The van der Waals surface area contributed by atoms with Crippen LogP contribution < -0.4 is 10.2 Å². The van der Waals surface area contributed by atoms with Crippen molar-refractivity contribution in [1.82, 2.24) is 5.43 Å². The van der Waals surface area contributed by atoms with Crippen LogP contribution in [0.25, 0.3) is 0 Å². The molecule has 0 heterocycles. The average Bonchev–Trinajstić information content (AvgIpc) is 2.54. The van der Waals surface area contributed by atoms with Crippen molar-refractivity contribution in [3.8, 4) is 5.75 Å². The van der Waals surface area contributed by atoms with E-state index >= 15 is 0 Å². The van der Waals surface area contributed by atoms with E-state index in [4.69, 9.17) is 17.0 Å². The second-order valence-corrected chi connectivity index (χ2v) is 6.82. The van der Waals surface area contributed by atoms with Gasteiger partial charge in [0.25, 0.3) is 0 Å². The predicted molar refractivity (Wildman–Crippen MR) is 102 cm³/mol. The molecule has 0 bridgehead atoms. The Kier molecular flexibility index (Phi) is 10.8. The summed E-state index contributed by atoms with van der Waals surface area (Å²) in [5.41, 5.74) is 3.91. The lowest BCUT2D eigenvalue weighted by Crippen LogP contribution is -2.11. The van der Waals surface area contributed by atoms with Crippen molar-refractivity contribution < 1.29 is 4.74 Å². The molecule has 0 radical (unpaired) electrons. The molecular formula is C17H26N2OS2. The van der Waals surface area contributed by atoms with E-state index in [0.29, 0.717) is 0 Å². The zero-order valence-corrected chi connectivity index (χ0v) is 15.1. The SMILES string of the molecule is CCCCCCCCSC(=S)N/N=C/c1ccc(OC)cc1. The van der Waals surface area contributed by atoms with E-state index in [2.05, 4.69) is 17.5 Å². The van der Waals surface area contributed by atoms with Crippen molar-refractivity contribution in [2.75, 3.05) is 12.9 Å². The highest BCUT2D eigenvalue weighted by Crippen LogP contribution is 2.11. The van der Waals surface area contributed by atoms with Gasteiger partial charge in [-0.15, -0.1) is 0 Å². The van der Waals surface area contributed by atoms with Gasteiger partial charge in [0.1, 0.15) is 5.75 Å². The number of thioether (sulfide) groups is 1. The van der Waals surface area contributed by atoms with Gasteiger partial charge in [-0.1, -0.05) is 63.0 Å². The van der Waals surface area contributed by atoms with Crippen molar-refractivity contribution >= 4 is 34.5 Å². The van der Waals surface area contributed by atoms with Gasteiger partial charge in [-0.25, -0.2) is 0 Å². The van der Waals surface area contributed by atoms with E-state index in [1.54, 1.807) is 25.1 Å². The van der Waals surface area contributed by atoms with Crippen LogP contribution in [-0.2, 0) is 0 Å². The summed E-state index contributed by atoms with van der Waals surface area (Å²) in [6.45, 7) is 2.24. The van der Waals surface area contributed by atoms with Gasteiger partial charge in [-0.05, 0) is 36.2 Å². The zero-order chi connectivity index (χ0) is 16.0. The summed E-state index contributed by atoms with van der Waals surface area (Å²) >= 11 is 6.91. The number of methoxy groups -OCH3 is 1. The molecule has 0 atom stereocenters. The summed E-state index contributed by atoms with van der Waals surface area (Å²) < 4.78 is 5.85. The van der Waals surface area contributed by atoms with Crippen molar-refractivity contribution in [1.29, 1.82) is 0 Å². The Hall–Kier alpha value is -1.07. The molecule has 0 spiro atoms. The van der Waals surface area contributed by atoms with E-state index in [1.807, 2.05) is 24.3 Å². The molecule has 0 amide bonds. The molecule has 0 saturated carbocycles. The second-order valence-electron chi connectivity index (χ2n) is 5.05. The maximum atomic E-state index is 5.25. The summed E-state index contributed by atoms with van der Waals surface area (Å²) in [6, 6.07) is 7.73. The maximum Gasteiger partial charge on any atom is 0.154 e. The number of ether oxygens (including phenoxy) is 1. The summed E-state index contributed by atoms with van der Waals surface area (Å²) in [5, 5.41) is 4.16. The molecule has 1 rings (SSSR count). The fourth-order valence-electron chi connectivity index (χ4n) is 1.93. The number of benzene rings is 1. The van der Waals surface area contributed by atoms with Crippen LogP contribution in [0, 0.1) is 0 Å². The third-order valence-corrected chi connectivity index (χ3v) is 4.51. The quantitative estimate of drug-likeness (QED) is 0.282. The van der Waals surface area contributed by atoms with Gasteiger partial charge in [0.05, 0.1) is 13.3 Å². The smallest absolute Gasteiger partial charge is 0.154 e. The molecule has 3 nitrogen and oxygen atoms in total. The van der Waals surface area contributed by atoms with Crippen molar-refractivity contribution in [3.05, 3.63) is 29.8 Å². The fourth-order valence-corrected chi connectivity index (χ4v) is 2.88. The fraction of sp³-hybridized carbons (Fsp3) is 0.529. The number of nitrogens with zero attached hydrogens (tertiary/aromatic N) is 1. The second kappa shape index (κ2) is 12.5. The van der Waals surface area contributed by atoms with Crippen LogP contribution in [-0.4, -0.2) is 23.4 Å². The Balaban J connectivity index is 2.10. The number of rotatable bonds is 10. The first kappa shape index (κ1) is 19.0. The monoisotopic (exact) mass is 338 g/mol. The van der Waals surface area contributed by atoms with Gasteiger partial charge in [-0.2, -0.15) is 5.10 Å². The minimum Gasteiger partial charge on any atom is -0.497 e. The van der Waals surface area contributed by atoms with Gasteiger partial charge in [0.2, 0.25) is 0 Å². The maximum absolute atomic E-state index is 5.25. The molecule has 5 heteroatoms. The lowest BCUT2D eigenvalue weighted by Gasteiger charge is -2.03. The number of unbranched alkanes of at least 4 members (excludes halogenated alkanes) is 5. The molecule has 0 aliphatic rings. The van der Waals surface area contributed by atoms with Crippen LogP contribution in [0.2, 0.25) is 0 Å². The molecule has 22 heavy (non-hydrogen) atoms. The normalized spacial score (nSPS) is 10.8. The van der Waals surface area contributed by atoms with Crippen LogP contribution in [0.1, 0.15) is 51.0 Å². The minimum absolute atomic E-state index is 0.735. The van der Waals surface area contributed by atoms with Crippen molar-refractivity contribution in [2.24, 2.45) is 5.10 Å². The van der Waals surface area contributed by atoms with Gasteiger partial charge in [-0.3, -0.25) is 5.43 Å². The van der Waals surface area contributed by atoms with Gasteiger partial charge < -0.3 is 4.74 Å². The standard InChI is InChI=1S/C17H26N2OS2/c1-3-4-5-6-7-8-13-22-17(21)19-18-14-15-9-11-16(20-2)12-10-15/h9-12,14H,3-8,13H2,1-2H3,(H,19,21)/b18-14+. The van der Waals surface area contributed by atoms with Crippen molar-refractivity contribution in [2.45, 2.75) is 45.4 Å². The zero-order valence-electron chi connectivity index (χ0n) is 13.5. The largest absolute Gasteiger partial charge is 0.497 e. The molecule has 1 N–H and O–H groups in total. The van der Waals surface area contributed by atoms with Crippen LogP contribution in [0.15, 0.2) is 29.4 Å². The van der Waals surface area contributed by atoms with Crippen molar-refractivity contribution in [3.63, 3.8) is 0 Å². The highest BCUT2D eigenvalue weighted by Gasteiger charge is 1.96. The van der Waals surface area contributed by atoms with Gasteiger partial charge in [0, 0.05) is 5.75 Å². The molecule has 0 fully saturated rings. The lowest BCUT2D eigenvalue weighted by atomic mass is 10.1. The average molecular weight is 339 g/mol. The summed E-state index contributed by atoms with van der Waals surface area (Å²) in [4.78, 5) is 0. The number of hydrogen-bond donors (Lipinski definition) is 1. The molecule has 0 aliphatic carbocycles. The molecule has 0 aromatic heterocycles. The highest BCUT2D eigenvalue weighted by molar-refractivity contribution is 8.22. The number of thiocarbonyl (C=S) groups is 1. The molecule has 1 aromatic carbocycles. The Morgan fingerprint density at radius 1 is 1.18 bits per heavy atom. The van der Waals surface area contributed by atoms with Gasteiger partial charge >= 0.3 is 0 Å². The third kappa shape index (κ3) is 9.05. The van der Waals surface area contributed by atoms with E-state index < -0.39 is 0 Å². The first-order valence-electron chi connectivity index (χ1n) is 7.86. The highest BCUT2D eigenvalue weighted by atomic mass is 32.2. The minimum atomic E-state index is 0.735. The summed E-state index contributed by atoms with van der Waals surface area (Å²) in [5.74, 6) is 1.91. The van der Waals surface area contributed by atoms with Crippen LogP contribution >= 0.6 is 24.0 Å². The lowest BCUT2D eigenvalue weighted by molar-refractivity contribution is 0.415. The summed E-state index contributed by atoms with van der Waals surface area (Å²) in [7, 11) is 1.66. The topological polar surface area (TPSA) is 33.6 Å². The molecule has 1 aromatic rings. The molecule has 0 unspecified atom stereocenters. The molecule has 0 aliphatic heterocycles.